The van der Waals surface area contributed by atoms with Gasteiger partial charge in [0.05, 0.1) is 5.69 Å². The average Bonchev–Trinajstić information content (AvgIpc) is 2.54. The largest absolute Gasteiger partial charge is 0.313 e. The summed E-state index contributed by atoms with van der Waals surface area (Å²) in [5.74, 6) is -0.184. The molecule has 1 aliphatic heterocycles. The van der Waals surface area contributed by atoms with Crippen molar-refractivity contribution in [3.8, 4) is 0 Å². The molecule has 3 rings (SSSR count). The number of carbonyl (C=O) groups excluding carboxylic acids is 2. The minimum absolute atomic E-state index is 0.246. The van der Waals surface area contributed by atoms with Crippen LogP contribution in [-0.2, 0) is 9.59 Å². The second-order valence-corrected chi connectivity index (χ2v) is 6.60. The lowest BCUT2D eigenvalue weighted by Gasteiger charge is -2.36. The molecule has 2 heterocycles. The smallest absolute Gasteiger partial charge is 0.252 e. The zero-order valence-corrected chi connectivity index (χ0v) is 13.1. The van der Waals surface area contributed by atoms with Gasteiger partial charge in [0.25, 0.3) is 11.8 Å². The van der Waals surface area contributed by atoms with Gasteiger partial charge in [0.2, 0.25) is 0 Å². The Balaban J connectivity index is 1.92. The molecule has 0 saturated carbocycles. The fourth-order valence-electron chi connectivity index (χ4n) is 2.33. The number of hydrogen-bond acceptors (Lipinski definition) is 4. The Bertz CT molecular complexity index is 735. The highest BCUT2D eigenvalue weighted by Crippen LogP contribution is 2.45. The number of hydrogen-bond donors (Lipinski definition) is 1. The summed E-state index contributed by atoms with van der Waals surface area (Å²) < 4.78 is -1.22. The van der Waals surface area contributed by atoms with Crippen molar-refractivity contribution in [3.63, 3.8) is 0 Å². The van der Waals surface area contributed by atoms with Crippen molar-refractivity contribution in [1.29, 1.82) is 0 Å². The Kier molecular flexibility index (Phi) is 3.62. The molecule has 5 nitrogen and oxygen atoms in total. The fraction of sp³-hybridized carbons (Fsp3) is 0.188. The maximum absolute atomic E-state index is 12.7. The van der Waals surface area contributed by atoms with Gasteiger partial charge in [0.1, 0.15) is 5.82 Å². The molecule has 1 atom stereocenters. The van der Waals surface area contributed by atoms with E-state index in [-0.39, 0.29) is 11.8 Å². The van der Waals surface area contributed by atoms with E-state index in [2.05, 4.69) is 10.3 Å². The molecule has 1 aliphatic rings. The van der Waals surface area contributed by atoms with E-state index in [0.717, 1.165) is 10.6 Å². The summed E-state index contributed by atoms with van der Waals surface area (Å²) >= 11 is 1.27. The first kappa shape index (κ1) is 14.6. The molecule has 0 spiro atoms. The van der Waals surface area contributed by atoms with Crippen molar-refractivity contribution in [2.45, 2.75) is 16.6 Å². The Morgan fingerprint density at radius 1 is 1.23 bits per heavy atom. The van der Waals surface area contributed by atoms with Gasteiger partial charge in [-0.3, -0.25) is 9.59 Å². The molecule has 22 heavy (non-hydrogen) atoms. The number of benzene rings is 1. The predicted octanol–water partition coefficient (Wildman–Crippen LogP) is 2.55. The van der Waals surface area contributed by atoms with E-state index in [1.54, 1.807) is 38.4 Å². The Morgan fingerprint density at radius 3 is 2.68 bits per heavy atom. The third-order valence-corrected chi connectivity index (χ3v) is 4.93. The van der Waals surface area contributed by atoms with Gasteiger partial charge < -0.3 is 10.2 Å². The van der Waals surface area contributed by atoms with Gasteiger partial charge in [-0.2, -0.15) is 0 Å². The van der Waals surface area contributed by atoms with Gasteiger partial charge in [-0.25, -0.2) is 4.98 Å². The first-order valence-electron chi connectivity index (χ1n) is 6.81. The molecule has 0 radical (unpaired) electrons. The van der Waals surface area contributed by atoms with E-state index in [1.807, 2.05) is 24.3 Å². The second-order valence-electron chi connectivity index (χ2n) is 5.14. The van der Waals surface area contributed by atoms with E-state index < -0.39 is 4.75 Å². The molecule has 0 fully saturated rings. The lowest BCUT2D eigenvalue weighted by atomic mass is 10.1. The Labute approximate surface area is 132 Å². The van der Waals surface area contributed by atoms with E-state index in [0.29, 0.717) is 5.82 Å². The van der Waals surface area contributed by atoms with Crippen LogP contribution in [0.3, 0.4) is 0 Å². The summed E-state index contributed by atoms with van der Waals surface area (Å²) in [7, 11) is 1.69. The quantitative estimate of drug-likeness (QED) is 0.866. The zero-order valence-electron chi connectivity index (χ0n) is 12.2. The molecule has 1 unspecified atom stereocenters. The van der Waals surface area contributed by atoms with Gasteiger partial charge >= 0.3 is 0 Å². The van der Waals surface area contributed by atoms with Crippen molar-refractivity contribution in [3.05, 3.63) is 48.7 Å². The minimum atomic E-state index is -1.22. The summed E-state index contributed by atoms with van der Waals surface area (Å²) in [4.78, 5) is 31.8. The molecular weight excluding hydrogens is 298 g/mol. The highest BCUT2D eigenvalue weighted by molar-refractivity contribution is 8.02. The van der Waals surface area contributed by atoms with E-state index >= 15 is 0 Å². The third-order valence-electron chi connectivity index (χ3n) is 3.59. The predicted molar refractivity (Wildman–Crippen MR) is 87.0 cm³/mol. The second kappa shape index (κ2) is 5.46. The number of aromatic nitrogens is 1. The number of amides is 2. The highest BCUT2D eigenvalue weighted by atomic mass is 32.2. The summed E-state index contributed by atoms with van der Waals surface area (Å²) in [6.45, 7) is 1.64. The first-order valence-corrected chi connectivity index (χ1v) is 7.63. The van der Waals surface area contributed by atoms with E-state index in [9.17, 15) is 9.59 Å². The number of carbonyl (C=O) groups is 2. The van der Waals surface area contributed by atoms with Crippen molar-refractivity contribution in [2.75, 3.05) is 17.3 Å². The van der Waals surface area contributed by atoms with Gasteiger partial charge in [-0.15, -0.1) is 0 Å². The number of nitrogens with one attached hydrogen (secondary N) is 1. The van der Waals surface area contributed by atoms with E-state index in [4.69, 9.17) is 0 Å². The van der Waals surface area contributed by atoms with Gasteiger partial charge in [0, 0.05) is 18.1 Å². The Morgan fingerprint density at radius 2 is 1.95 bits per heavy atom. The number of anilines is 2. The maximum Gasteiger partial charge on any atom is 0.252 e. The molecular formula is C16H15N3O2S. The van der Waals surface area contributed by atoms with Crippen LogP contribution in [0.5, 0.6) is 0 Å². The number of para-hydroxylation sites is 1. The van der Waals surface area contributed by atoms with Crippen LogP contribution in [0.25, 0.3) is 0 Å². The lowest BCUT2D eigenvalue weighted by Crippen LogP contribution is -2.53. The Hall–Kier alpha value is -2.34. The normalized spacial score (nSPS) is 20.5. The molecule has 6 heteroatoms. The summed E-state index contributed by atoms with van der Waals surface area (Å²) in [6, 6.07) is 12.8. The van der Waals surface area contributed by atoms with Crippen LogP contribution in [0.4, 0.5) is 11.5 Å². The number of fused-ring (bicyclic) bond motifs is 1. The molecule has 2 amide bonds. The van der Waals surface area contributed by atoms with Crippen LogP contribution in [0, 0.1) is 0 Å². The van der Waals surface area contributed by atoms with Crippen LogP contribution in [0.15, 0.2) is 53.6 Å². The summed E-state index contributed by atoms with van der Waals surface area (Å²) in [6.07, 6.45) is 1.59. The van der Waals surface area contributed by atoms with Crippen LogP contribution in [0.2, 0.25) is 0 Å². The third kappa shape index (κ3) is 2.35. The molecule has 1 aromatic heterocycles. The van der Waals surface area contributed by atoms with Gasteiger partial charge in [-0.05, 0) is 31.2 Å². The van der Waals surface area contributed by atoms with Crippen LogP contribution >= 0.6 is 11.8 Å². The molecule has 1 N–H and O–H groups in total. The molecule has 112 valence electrons. The topological polar surface area (TPSA) is 62.3 Å². The number of nitrogens with zero attached hydrogens (tertiary/aromatic N) is 2. The number of pyridine rings is 1. The molecule has 0 aliphatic carbocycles. The molecule has 0 saturated heterocycles. The van der Waals surface area contributed by atoms with Crippen LogP contribution < -0.4 is 10.2 Å². The average molecular weight is 313 g/mol. The SMILES string of the molecule is CN1C(=O)C(C)(C(=O)Nc2ccccn2)Sc2ccccc21. The van der Waals surface area contributed by atoms with Crippen molar-refractivity contribution in [1.82, 2.24) is 4.98 Å². The van der Waals surface area contributed by atoms with Gasteiger partial charge in [-0.1, -0.05) is 30.0 Å². The summed E-state index contributed by atoms with van der Waals surface area (Å²) in [5, 5.41) is 2.72. The lowest BCUT2D eigenvalue weighted by molar-refractivity contribution is -0.128. The highest BCUT2D eigenvalue weighted by Gasteiger charge is 2.48. The van der Waals surface area contributed by atoms with Crippen molar-refractivity contribution in [2.24, 2.45) is 0 Å². The van der Waals surface area contributed by atoms with Crippen LogP contribution in [-0.4, -0.2) is 28.6 Å². The van der Waals surface area contributed by atoms with Crippen LogP contribution in [0.1, 0.15) is 6.92 Å². The standard InChI is InChI=1S/C16H15N3O2S/c1-16(14(20)18-13-9-5-6-10-17-13)15(21)19(2)11-7-3-4-8-12(11)22-16/h3-10H,1-2H3,(H,17,18,20). The molecule has 2 aromatic rings. The fourth-order valence-corrected chi connectivity index (χ4v) is 3.59. The number of rotatable bonds is 2. The minimum Gasteiger partial charge on any atom is -0.313 e. The van der Waals surface area contributed by atoms with Gasteiger partial charge in [0.15, 0.2) is 4.75 Å². The summed E-state index contributed by atoms with van der Waals surface area (Å²) in [5.41, 5.74) is 0.820. The monoisotopic (exact) mass is 313 g/mol. The maximum atomic E-state index is 12.7. The number of thioether (sulfide) groups is 1. The van der Waals surface area contributed by atoms with E-state index in [1.165, 1.54) is 16.7 Å². The molecule has 1 aromatic carbocycles. The van der Waals surface area contributed by atoms with Crippen molar-refractivity contribution >= 4 is 35.1 Å². The van der Waals surface area contributed by atoms with Crippen molar-refractivity contribution < 1.29 is 9.59 Å². The molecule has 0 bridgehead atoms. The first-order chi connectivity index (χ1) is 10.5. The zero-order chi connectivity index (χ0) is 15.7.